The molecular formula is C40H69O8P. The van der Waals surface area contributed by atoms with Crippen LogP contribution in [0.25, 0.3) is 0 Å². The van der Waals surface area contributed by atoms with Crippen LogP contribution in [-0.2, 0) is 28.2 Å². The van der Waals surface area contributed by atoms with Gasteiger partial charge in [-0.2, -0.15) is 0 Å². The molecule has 0 aromatic carbocycles. The average molecular weight is 709 g/mol. The first-order valence-corrected chi connectivity index (χ1v) is 20.6. The summed E-state index contributed by atoms with van der Waals surface area (Å²) in [5.41, 5.74) is 0. The molecule has 0 aliphatic heterocycles. The zero-order chi connectivity index (χ0) is 36.1. The summed E-state index contributed by atoms with van der Waals surface area (Å²) in [4.78, 5) is 42.7. The zero-order valence-corrected chi connectivity index (χ0v) is 31.7. The molecule has 0 radical (unpaired) electrons. The van der Waals surface area contributed by atoms with Gasteiger partial charge in [-0.25, -0.2) is 4.57 Å². The molecule has 8 nitrogen and oxygen atoms in total. The molecule has 282 valence electrons. The Morgan fingerprint density at radius 1 is 0.551 bits per heavy atom. The van der Waals surface area contributed by atoms with Gasteiger partial charge in [-0.05, 0) is 77.0 Å². The average Bonchev–Trinajstić information content (AvgIpc) is 3.07. The maximum atomic E-state index is 12.3. The fourth-order valence-corrected chi connectivity index (χ4v) is 5.31. The molecule has 1 atom stereocenters. The fraction of sp³-hybridized carbons (Fsp3) is 0.700. The third kappa shape index (κ3) is 38.4. The number of hydrogen-bond donors (Lipinski definition) is 2. The summed E-state index contributed by atoms with van der Waals surface area (Å²) >= 11 is 0. The SMILES string of the molecule is CC/C=C\C/C=C\C/C=C\C/C=C\CCCCC(=O)OC(COC(=O)CCCCCCC/C=C\CCCCCCCCC)COP(=O)(O)O. The van der Waals surface area contributed by atoms with Crippen molar-refractivity contribution in [1.82, 2.24) is 0 Å². The van der Waals surface area contributed by atoms with Gasteiger partial charge in [-0.3, -0.25) is 14.1 Å². The number of hydrogen-bond acceptors (Lipinski definition) is 6. The van der Waals surface area contributed by atoms with E-state index in [0.717, 1.165) is 70.6 Å². The second-order valence-electron chi connectivity index (χ2n) is 12.5. The monoisotopic (exact) mass is 708 g/mol. The number of unbranched alkanes of at least 4 members (excludes halogenated alkanes) is 14. The molecule has 9 heteroatoms. The lowest BCUT2D eigenvalue weighted by molar-refractivity contribution is -0.161. The first-order chi connectivity index (χ1) is 23.8. The van der Waals surface area contributed by atoms with Crippen LogP contribution >= 0.6 is 7.82 Å². The van der Waals surface area contributed by atoms with E-state index in [0.29, 0.717) is 12.8 Å². The third-order valence-electron chi connectivity index (χ3n) is 7.77. The van der Waals surface area contributed by atoms with Crippen molar-refractivity contribution >= 4 is 19.8 Å². The van der Waals surface area contributed by atoms with Crippen molar-refractivity contribution in [3.8, 4) is 0 Å². The van der Waals surface area contributed by atoms with Crippen molar-refractivity contribution in [2.75, 3.05) is 13.2 Å². The minimum absolute atomic E-state index is 0.156. The van der Waals surface area contributed by atoms with Crippen molar-refractivity contribution in [2.24, 2.45) is 0 Å². The Hall–Kier alpha value is -2.25. The summed E-state index contributed by atoms with van der Waals surface area (Å²) in [5, 5.41) is 0. The summed E-state index contributed by atoms with van der Waals surface area (Å²) in [5.74, 6) is -0.948. The number of carbonyl (C=O) groups is 2. The first-order valence-electron chi connectivity index (χ1n) is 19.1. The predicted molar refractivity (Wildman–Crippen MR) is 202 cm³/mol. The molecule has 1 unspecified atom stereocenters. The number of allylic oxidation sites excluding steroid dienone is 10. The van der Waals surface area contributed by atoms with E-state index >= 15 is 0 Å². The van der Waals surface area contributed by atoms with Crippen LogP contribution in [0.3, 0.4) is 0 Å². The zero-order valence-electron chi connectivity index (χ0n) is 30.8. The van der Waals surface area contributed by atoms with Crippen LogP contribution in [0.2, 0.25) is 0 Å². The second kappa shape index (κ2) is 35.6. The molecule has 0 aliphatic rings. The number of carbonyl (C=O) groups excluding carboxylic acids is 2. The number of esters is 2. The van der Waals surface area contributed by atoms with Crippen LogP contribution in [0.1, 0.15) is 162 Å². The minimum atomic E-state index is -4.77. The summed E-state index contributed by atoms with van der Waals surface area (Å²) in [6, 6.07) is 0. The van der Waals surface area contributed by atoms with Gasteiger partial charge < -0.3 is 19.3 Å². The first kappa shape index (κ1) is 46.8. The van der Waals surface area contributed by atoms with Gasteiger partial charge in [-0.1, -0.05) is 132 Å². The van der Waals surface area contributed by atoms with Crippen LogP contribution in [0.4, 0.5) is 0 Å². The van der Waals surface area contributed by atoms with Crippen LogP contribution in [0, 0.1) is 0 Å². The molecule has 0 saturated heterocycles. The van der Waals surface area contributed by atoms with Crippen LogP contribution in [0.5, 0.6) is 0 Å². The molecule has 0 bridgehead atoms. The van der Waals surface area contributed by atoms with E-state index in [1.165, 1.54) is 51.4 Å². The minimum Gasteiger partial charge on any atom is -0.462 e. The quantitative estimate of drug-likeness (QED) is 0.0293. The molecule has 0 spiro atoms. The smallest absolute Gasteiger partial charge is 0.462 e. The highest BCUT2D eigenvalue weighted by Gasteiger charge is 2.22. The predicted octanol–water partition coefficient (Wildman–Crippen LogP) is 11.3. The third-order valence-corrected chi connectivity index (χ3v) is 8.26. The fourth-order valence-electron chi connectivity index (χ4n) is 4.95. The van der Waals surface area contributed by atoms with Crippen molar-refractivity contribution < 1.29 is 37.9 Å². The topological polar surface area (TPSA) is 119 Å². The molecule has 0 aromatic heterocycles. The molecule has 0 saturated carbocycles. The summed E-state index contributed by atoms with van der Waals surface area (Å²) in [7, 11) is -4.77. The van der Waals surface area contributed by atoms with Crippen molar-refractivity contribution in [3.05, 3.63) is 60.8 Å². The van der Waals surface area contributed by atoms with Crippen LogP contribution in [0.15, 0.2) is 60.8 Å². The second-order valence-corrected chi connectivity index (χ2v) is 13.8. The number of phosphoric acid groups is 1. The Kier molecular flexibility index (Phi) is 33.9. The lowest BCUT2D eigenvalue weighted by atomic mass is 10.1. The Bertz CT molecular complexity index is 979. The standard InChI is InChI=1S/C40H69O8P/c1-3-5-7-9-11-13-15-17-19-21-22-24-26-28-30-32-34-39(41)46-36-38(37-47-49(43,44)45)48-40(42)35-33-31-29-27-25-23-20-18-16-14-12-10-8-6-4-2/h6,8,12,14,18-21,25,27,38H,3-5,7,9-11,13,15-17,22-24,26,28-37H2,1-2H3,(H2,43,44,45)/b8-6-,14-12-,20-18-,21-19-,27-25-. The molecule has 0 amide bonds. The molecular weight excluding hydrogens is 639 g/mol. The Morgan fingerprint density at radius 2 is 0.980 bits per heavy atom. The van der Waals surface area contributed by atoms with E-state index in [1.807, 2.05) is 0 Å². The highest BCUT2D eigenvalue weighted by molar-refractivity contribution is 7.46. The molecule has 49 heavy (non-hydrogen) atoms. The number of ether oxygens (including phenoxy) is 2. The summed E-state index contributed by atoms with van der Waals surface area (Å²) < 4.78 is 26.3. The van der Waals surface area contributed by atoms with Crippen LogP contribution < -0.4 is 0 Å². The molecule has 2 N–H and O–H groups in total. The van der Waals surface area contributed by atoms with Crippen molar-refractivity contribution in [1.29, 1.82) is 0 Å². The van der Waals surface area contributed by atoms with Gasteiger partial charge in [0.1, 0.15) is 6.61 Å². The lowest BCUT2D eigenvalue weighted by Gasteiger charge is -2.18. The van der Waals surface area contributed by atoms with E-state index in [1.54, 1.807) is 0 Å². The summed E-state index contributed by atoms with van der Waals surface area (Å²) in [6.07, 6.45) is 43.7. The number of phosphoric ester groups is 1. The Balaban J connectivity index is 4.05. The highest BCUT2D eigenvalue weighted by Crippen LogP contribution is 2.36. The van der Waals surface area contributed by atoms with Gasteiger partial charge in [0.05, 0.1) is 6.61 Å². The van der Waals surface area contributed by atoms with E-state index < -0.39 is 32.5 Å². The molecule has 0 fully saturated rings. The molecule has 0 aromatic rings. The Morgan fingerprint density at radius 3 is 1.53 bits per heavy atom. The van der Waals surface area contributed by atoms with Gasteiger partial charge in [0.2, 0.25) is 0 Å². The normalized spacial score (nSPS) is 13.1. The van der Waals surface area contributed by atoms with Gasteiger partial charge in [0, 0.05) is 12.8 Å². The van der Waals surface area contributed by atoms with Crippen LogP contribution in [-0.4, -0.2) is 41.0 Å². The van der Waals surface area contributed by atoms with Crippen molar-refractivity contribution in [2.45, 2.75) is 168 Å². The molecule has 0 heterocycles. The lowest BCUT2D eigenvalue weighted by Crippen LogP contribution is -2.29. The maximum Gasteiger partial charge on any atom is 0.469 e. The molecule has 0 aliphatic carbocycles. The molecule has 0 rings (SSSR count). The highest BCUT2D eigenvalue weighted by atomic mass is 31.2. The van der Waals surface area contributed by atoms with Gasteiger partial charge >= 0.3 is 19.8 Å². The van der Waals surface area contributed by atoms with Crippen molar-refractivity contribution in [3.63, 3.8) is 0 Å². The van der Waals surface area contributed by atoms with E-state index in [2.05, 4.69) is 79.1 Å². The van der Waals surface area contributed by atoms with Gasteiger partial charge in [0.15, 0.2) is 6.10 Å². The largest absolute Gasteiger partial charge is 0.469 e. The summed E-state index contributed by atoms with van der Waals surface area (Å²) in [6.45, 7) is 3.51. The van der Waals surface area contributed by atoms with Gasteiger partial charge in [-0.15, -0.1) is 0 Å². The Labute approximate surface area is 298 Å². The maximum absolute atomic E-state index is 12.3. The van der Waals surface area contributed by atoms with Gasteiger partial charge in [0.25, 0.3) is 0 Å². The van der Waals surface area contributed by atoms with E-state index in [-0.39, 0.29) is 19.4 Å². The number of rotatable bonds is 34. The van der Waals surface area contributed by atoms with E-state index in [9.17, 15) is 14.2 Å². The van der Waals surface area contributed by atoms with E-state index in [4.69, 9.17) is 19.3 Å².